The second-order valence-electron chi connectivity index (χ2n) is 9.90. The molecule has 0 spiro atoms. The van der Waals surface area contributed by atoms with Gasteiger partial charge in [0.15, 0.2) is 5.13 Å². The van der Waals surface area contributed by atoms with Crippen LogP contribution in [0, 0.1) is 0 Å². The molecule has 2 N–H and O–H groups in total. The summed E-state index contributed by atoms with van der Waals surface area (Å²) in [6.07, 6.45) is 3.09. The van der Waals surface area contributed by atoms with Crippen LogP contribution in [0.3, 0.4) is 0 Å². The normalized spacial score (nSPS) is 16.4. The number of aryl methyl sites for hydroxylation is 1. The molecule has 1 aliphatic rings. The maximum Gasteiger partial charge on any atom is 0.347 e. The molecule has 9 nitrogen and oxygen atoms in total. The Hall–Kier alpha value is -3.28. The fourth-order valence-electron chi connectivity index (χ4n) is 4.53. The molecule has 1 amide bonds. The largest absolute Gasteiger partial charge is 0.477 e. The van der Waals surface area contributed by atoms with Crippen LogP contribution in [0.4, 0.5) is 5.13 Å². The average molecular weight is 571 g/mol. The zero-order valence-electron chi connectivity index (χ0n) is 22.3. The van der Waals surface area contributed by atoms with Crippen molar-refractivity contribution in [3.63, 3.8) is 0 Å². The van der Waals surface area contributed by atoms with Crippen LogP contribution in [0.1, 0.15) is 59.5 Å². The van der Waals surface area contributed by atoms with Gasteiger partial charge in [-0.1, -0.05) is 74.9 Å². The number of benzene rings is 2. The SMILES string of the molecule is CCCc1ccc(S(=O)(=O)N2CCN(c3ncc(C(=O)O)s3)C[C@@H]2C(=O)NCc2ccc(C(C)C)cc2)cc1. The molecule has 2 aromatic carbocycles. The lowest BCUT2D eigenvalue weighted by atomic mass is 10.0. The topological polar surface area (TPSA) is 120 Å². The summed E-state index contributed by atoms with van der Waals surface area (Å²) in [5.74, 6) is -1.11. The van der Waals surface area contributed by atoms with Crippen molar-refractivity contribution in [1.29, 1.82) is 0 Å². The fraction of sp³-hybridized carbons (Fsp3) is 0.393. The second kappa shape index (κ2) is 12.3. The van der Waals surface area contributed by atoms with Crippen LogP contribution in [0.25, 0.3) is 0 Å². The van der Waals surface area contributed by atoms with Crippen LogP contribution < -0.4 is 10.2 Å². The van der Waals surface area contributed by atoms with Gasteiger partial charge in [-0.15, -0.1) is 0 Å². The van der Waals surface area contributed by atoms with E-state index in [1.54, 1.807) is 17.0 Å². The van der Waals surface area contributed by atoms with Gasteiger partial charge in [0.25, 0.3) is 0 Å². The highest BCUT2D eigenvalue weighted by atomic mass is 32.2. The highest BCUT2D eigenvalue weighted by Gasteiger charge is 2.41. The molecule has 1 atom stereocenters. The smallest absolute Gasteiger partial charge is 0.347 e. The number of aromatic carboxylic acids is 1. The van der Waals surface area contributed by atoms with Gasteiger partial charge in [0, 0.05) is 26.2 Å². The summed E-state index contributed by atoms with van der Waals surface area (Å²) in [5, 5.41) is 12.6. The average Bonchev–Trinajstić information content (AvgIpc) is 3.43. The first-order valence-electron chi connectivity index (χ1n) is 13.0. The Labute approximate surface area is 233 Å². The van der Waals surface area contributed by atoms with Crippen molar-refractivity contribution in [2.45, 2.75) is 57.0 Å². The van der Waals surface area contributed by atoms with Gasteiger partial charge in [0.1, 0.15) is 10.9 Å². The summed E-state index contributed by atoms with van der Waals surface area (Å²) in [4.78, 5) is 31.1. The third-order valence-corrected chi connectivity index (χ3v) is 9.76. The minimum absolute atomic E-state index is 0.0534. The number of carboxylic acid groups (broad SMARTS) is 1. The van der Waals surface area contributed by atoms with Crippen LogP contribution in [0.15, 0.2) is 59.6 Å². The summed E-state index contributed by atoms with van der Waals surface area (Å²) in [6.45, 7) is 6.93. The van der Waals surface area contributed by atoms with Crippen LogP contribution in [-0.4, -0.2) is 60.4 Å². The Morgan fingerprint density at radius 2 is 1.74 bits per heavy atom. The van der Waals surface area contributed by atoms with Crippen LogP contribution in [0.5, 0.6) is 0 Å². The van der Waals surface area contributed by atoms with Gasteiger partial charge in [-0.05, 0) is 41.2 Å². The molecule has 208 valence electrons. The number of hydrogen-bond acceptors (Lipinski definition) is 7. The highest BCUT2D eigenvalue weighted by molar-refractivity contribution is 7.89. The number of thiazole rings is 1. The van der Waals surface area contributed by atoms with Crippen molar-refractivity contribution in [1.82, 2.24) is 14.6 Å². The monoisotopic (exact) mass is 570 g/mol. The van der Waals surface area contributed by atoms with E-state index >= 15 is 0 Å². The lowest BCUT2D eigenvalue weighted by Crippen LogP contribution is -2.60. The van der Waals surface area contributed by atoms with E-state index in [2.05, 4.69) is 31.1 Å². The first-order valence-corrected chi connectivity index (χ1v) is 15.3. The molecular weight excluding hydrogens is 536 g/mol. The van der Waals surface area contributed by atoms with Crippen LogP contribution >= 0.6 is 11.3 Å². The maximum absolute atomic E-state index is 13.7. The number of hydrogen-bond donors (Lipinski definition) is 2. The third-order valence-electron chi connectivity index (χ3n) is 6.79. The maximum atomic E-state index is 13.7. The molecule has 1 saturated heterocycles. The summed E-state index contributed by atoms with van der Waals surface area (Å²) >= 11 is 1.00. The Bertz CT molecular complexity index is 1400. The molecule has 0 radical (unpaired) electrons. The van der Waals surface area contributed by atoms with E-state index in [-0.39, 0.29) is 36.0 Å². The number of nitrogens with zero attached hydrogens (tertiary/aromatic N) is 3. The molecule has 1 aliphatic heterocycles. The van der Waals surface area contributed by atoms with Gasteiger partial charge in [0.05, 0.1) is 11.1 Å². The number of rotatable bonds is 10. The summed E-state index contributed by atoms with van der Waals surface area (Å²) in [5.41, 5.74) is 3.16. The fourth-order valence-corrected chi connectivity index (χ4v) is 6.89. The Morgan fingerprint density at radius 3 is 2.33 bits per heavy atom. The van der Waals surface area contributed by atoms with Crippen molar-refractivity contribution < 1.29 is 23.1 Å². The molecule has 1 aromatic heterocycles. The van der Waals surface area contributed by atoms with E-state index < -0.39 is 27.9 Å². The number of anilines is 1. The Morgan fingerprint density at radius 1 is 1.08 bits per heavy atom. The molecule has 39 heavy (non-hydrogen) atoms. The first-order chi connectivity index (χ1) is 18.6. The zero-order valence-corrected chi connectivity index (χ0v) is 24.0. The van der Waals surface area contributed by atoms with E-state index in [1.165, 1.54) is 16.1 Å². The lowest BCUT2D eigenvalue weighted by molar-refractivity contribution is -0.125. The molecule has 0 bridgehead atoms. The van der Waals surface area contributed by atoms with Crippen LogP contribution in [0.2, 0.25) is 0 Å². The number of carbonyl (C=O) groups is 2. The van der Waals surface area contributed by atoms with Gasteiger partial charge in [-0.3, -0.25) is 4.79 Å². The number of sulfonamides is 1. The molecule has 1 fully saturated rings. The minimum atomic E-state index is -3.97. The summed E-state index contributed by atoms with van der Waals surface area (Å²) < 4.78 is 28.7. The first kappa shape index (κ1) is 28.7. The Balaban J connectivity index is 1.57. The molecule has 0 aliphatic carbocycles. The predicted molar refractivity (Wildman–Crippen MR) is 152 cm³/mol. The molecule has 4 rings (SSSR count). The molecular formula is C28H34N4O5S2. The lowest BCUT2D eigenvalue weighted by Gasteiger charge is -2.39. The zero-order chi connectivity index (χ0) is 28.2. The number of nitrogens with one attached hydrogen (secondary N) is 1. The van der Waals surface area contributed by atoms with Crippen molar-refractivity contribution in [3.05, 3.63) is 76.3 Å². The van der Waals surface area contributed by atoms with E-state index in [0.29, 0.717) is 11.0 Å². The highest BCUT2D eigenvalue weighted by Crippen LogP contribution is 2.28. The molecule has 0 unspecified atom stereocenters. The van der Waals surface area contributed by atoms with E-state index in [9.17, 15) is 23.1 Å². The number of piperazine rings is 1. The standard InChI is InChI=1S/C28H34N4O5S2/c1-4-5-20-8-12-23(13-9-20)39(36,37)32-15-14-31(28-30-17-25(38-28)27(34)35)18-24(32)26(33)29-16-21-6-10-22(11-7-21)19(2)3/h6-13,17,19,24H,4-5,14-16,18H2,1-3H3,(H,29,33)(H,34,35)/t24-/m1/s1. The van der Waals surface area contributed by atoms with E-state index in [4.69, 9.17) is 0 Å². The van der Waals surface area contributed by atoms with Crippen molar-refractivity contribution in [3.8, 4) is 0 Å². The third kappa shape index (κ3) is 6.66. The van der Waals surface area contributed by atoms with Gasteiger partial charge in [-0.25, -0.2) is 18.2 Å². The second-order valence-corrected chi connectivity index (χ2v) is 12.8. The number of amides is 1. The van der Waals surface area contributed by atoms with Gasteiger partial charge in [-0.2, -0.15) is 4.31 Å². The van der Waals surface area contributed by atoms with Crippen molar-refractivity contribution in [2.75, 3.05) is 24.5 Å². The van der Waals surface area contributed by atoms with Gasteiger partial charge >= 0.3 is 5.97 Å². The number of aromatic nitrogens is 1. The number of carboxylic acids is 1. The van der Waals surface area contributed by atoms with Crippen molar-refractivity contribution >= 4 is 38.4 Å². The summed E-state index contributed by atoms with van der Waals surface area (Å²) in [6, 6.07) is 13.8. The van der Waals surface area contributed by atoms with Gasteiger partial charge < -0.3 is 15.3 Å². The van der Waals surface area contributed by atoms with E-state index in [1.807, 2.05) is 36.4 Å². The number of carbonyl (C=O) groups excluding carboxylic acids is 1. The molecule has 2 heterocycles. The minimum Gasteiger partial charge on any atom is -0.477 e. The molecule has 11 heteroatoms. The predicted octanol–water partition coefficient (Wildman–Crippen LogP) is 4.11. The Kier molecular flexibility index (Phi) is 9.04. The quantitative estimate of drug-likeness (QED) is 0.376. The van der Waals surface area contributed by atoms with E-state index in [0.717, 1.165) is 35.3 Å². The van der Waals surface area contributed by atoms with Crippen LogP contribution in [-0.2, 0) is 27.8 Å². The molecule has 0 saturated carbocycles. The summed E-state index contributed by atoms with van der Waals surface area (Å²) in [7, 11) is -3.97. The van der Waals surface area contributed by atoms with Crippen molar-refractivity contribution in [2.24, 2.45) is 0 Å². The molecule has 3 aromatic rings. The van der Waals surface area contributed by atoms with Gasteiger partial charge in [0.2, 0.25) is 15.9 Å².